The van der Waals surface area contributed by atoms with E-state index in [1.165, 1.54) is 0 Å². The summed E-state index contributed by atoms with van der Waals surface area (Å²) in [4.78, 5) is 19.8. The molecule has 182 valence electrons. The van der Waals surface area contributed by atoms with Gasteiger partial charge in [0.25, 0.3) is 5.89 Å². The largest absolute Gasteiger partial charge is 0.497 e. The Balaban J connectivity index is 1.59. The van der Waals surface area contributed by atoms with Crippen molar-refractivity contribution in [2.45, 2.75) is 33.4 Å². The summed E-state index contributed by atoms with van der Waals surface area (Å²) in [6, 6.07) is 23.1. The van der Waals surface area contributed by atoms with Crippen LogP contribution in [0.4, 0.5) is 4.79 Å². The van der Waals surface area contributed by atoms with Gasteiger partial charge in [-0.1, -0.05) is 70.9 Å². The highest BCUT2D eigenvalue weighted by Gasteiger charge is 2.35. The third-order valence-electron chi connectivity index (χ3n) is 6.40. The van der Waals surface area contributed by atoms with Crippen molar-refractivity contribution in [3.05, 3.63) is 107 Å². The number of rotatable bonds is 6. The van der Waals surface area contributed by atoms with Crippen LogP contribution in [0.25, 0.3) is 17.0 Å². The average Bonchev–Trinajstić information content (AvgIpc) is 3.36. The Bertz CT molecular complexity index is 1440. The summed E-state index contributed by atoms with van der Waals surface area (Å²) in [5, 5.41) is 7.41. The molecule has 0 fully saturated rings. The molecule has 0 saturated heterocycles. The predicted octanol–water partition coefficient (Wildman–Crippen LogP) is 6.06. The van der Waals surface area contributed by atoms with E-state index in [1.54, 1.807) is 12.0 Å². The number of aryl methyl sites for hydroxylation is 2. The zero-order valence-corrected chi connectivity index (χ0v) is 20.8. The molecule has 2 heterocycles. The van der Waals surface area contributed by atoms with Gasteiger partial charge in [-0.2, -0.15) is 4.98 Å². The van der Waals surface area contributed by atoms with Crippen LogP contribution in [0.5, 0.6) is 5.75 Å². The normalized spacial score (nSPS) is 15.7. The molecule has 5 rings (SSSR count). The summed E-state index contributed by atoms with van der Waals surface area (Å²) in [6.45, 7) is 6.42. The number of amides is 2. The minimum absolute atomic E-state index is 0.183. The Labute approximate surface area is 210 Å². The average molecular weight is 481 g/mol. The number of carbonyl (C=O) groups excluding carboxylic acids is 1. The fraction of sp³-hybridized carbons (Fsp3) is 0.207. The lowest BCUT2D eigenvalue weighted by atomic mass is 9.94. The number of urea groups is 1. The molecule has 1 N–H and O–H groups in total. The highest BCUT2D eigenvalue weighted by molar-refractivity contribution is 5.87. The topological polar surface area (TPSA) is 80.5 Å². The van der Waals surface area contributed by atoms with Crippen molar-refractivity contribution >= 4 is 11.6 Å². The zero-order valence-electron chi connectivity index (χ0n) is 20.8. The van der Waals surface area contributed by atoms with E-state index < -0.39 is 6.04 Å². The van der Waals surface area contributed by atoms with E-state index in [2.05, 4.69) is 16.5 Å². The van der Waals surface area contributed by atoms with Crippen molar-refractivity contribution in [2.24, 2.45) is 0 Å². The first-order valence-corrected chi connectivity index (χ1v) is 11.8. The van der Waals surface area contributed by atoms with E-state index in [-0.39, 0.29) is 6.03 Å². The van der Waals surface area contributed by atoms with Crippen molar-refractivity contribution in [3.8, 4) is 17.1 Å². The van der Waals surface area contributed by atoms with Gasteiger partial charge in [-0.3, -0.25) is 4.90 Å². The van der Waals surface area contributed by atoms with Crippen molar-refractivity contribution < 1.29 is 14.1 Å². The Hall–Kier alpha value is -4.39. The first-order chi connectivity index (χ1) is 17.4. The van der Waals surface area contributed by atoms with Crippen LogP contribution in [0.3, 0.4) is 0 Å². The number of ether oxygens (including phenoxy) is 1. The lowest BCUT2D eigenvalue weighted by Crippen LogP contribution is -2.45. The molecule has 1 aliphatic heterocycles. The molecule has 1 atom stereocenters. The second kappa shape index (κ2) is 9.70. The Morgan fingerprint density at radius 2 is 1.69 bits per heavy atom. The SMILES string of the molecule is COc1ccc(C2NC(=O)N(Cc3cccc(C)c3)C(C)=C2c2nc(-c3cccc(C)c3)no2)cc1. The molecule has 0 radical (unpaired) electrons. The molecule has 3 aromatic carbocycles. The molecule has 0 spiro atoms. The fourth-order valence-corrected chi connectivity index (χ4v) is 4.52. The molecule has 1 aromatic heterocycles. The molecule has 0 bridgehead atoms. The maximum Gasteiger partial charge on any atom is 0.322 e. The van der Waals surface area contributed by atoms with Crippen molar-refractivity contribution in [2.75, 3.05) is 7.11 Å². The van der Waals surface area contributed by atoms with Gasteiger partial charge in [0.15, 0.2) is 0 Å². The lowest BCUT2D eigenvalue weighted by molar-refractivity contribution is 0.203. The number of hydrogen-bond acceptors (Lipinski definition) is 5. The van der Waals surface area contributed by atoms with Crippen LogP contribution < -0.4 is 10.1 Å². The van der Waals surface area contributed by atoms with Crippen LogP contribution in [0.15, 0.2) is 83.0 Å². The summed E-state index contributed by atoms with van der Waals surface area (Å²) in [6.07, 6.45) is 0. The van der Waals surface area contributed by atoms with E-state index in [1.807, 2.05) is 87.5 Å². The van der Waals surface area contributed by atoms with E-state index >= 15 is 0 Å². The van der Waals surface area contributed by atoms with Gasteiger partial charge in [-0.25, -0.2) is 4.79 Å². The van der Waals surface area contributed by atoms with Crippen molar-refractivity contribution in [1.29, 1.82) is 0 Å². The number of aromatic nitrogens is 2. The Morgan fingerprint density at radius 1 is 0.972 bits per heavy atom. The summed E-state index contributed by atoms with van der Waals surface area (Å²) in [5.74, 6) is 1.62. The quantitative estimate of drug-likeness (QED) is 0.363. The summed E-state index contributed by atoms with van der Waals surface area (Å²) < 4.78 is 11.1. The molecule has 4 aromatic rings. The maximum atomic E-state index is 13.3. The van der Waals surface area contributed by atoms with Gasteiger partial charge in [0.05, 0.1) is 25.3 Å². The second-order valence-corrected chi connectivity index (χ2v) is 9.02. The number of hydrogen-bond donors (Lipinski definition) is 1. The van der Waals surface area contributed by atoms with Crippen LogP contribution in [0, 0.1) is 13.8 Å². The summed E-state index contributed by atoms with van der Waals surface area (Å²) in [7, 11) is 1.63. The summed E-state index contributed by atoms with van der Waals surface area (Å²) >= 11 is 0. The molecule has 1 unspecified atom stereocenters. The smallest absolute Gasteiger partial charge is 0.322 e. The van der Waals surface area contributed by atoms with E-state index in [9.17, 15) is 4.79 Å². The molecule has 7 nitrogen and oxygen atoms in total. The monoisotopic (exact) mass is 480 g/mol. The fourth-order valence-electron chi connectivity index (χ4n) is 4.52. The predicted molar refractivity (Wildman–Crippen MR) is 138 cm³/mol. The Morgan fingerprint density at radius 3 is 2.39 bits per heavy atom. The highest BCUT2D eigenvalue weighted by Crippen LogP contribution is 2.38. The maximum absolute atomic E-state index is 13.3. The van der Waals surface area contributed by atoms with E-state index in [0.717, 1.165) is 44.8 Å². The van der Waals surface area contributed by atoms with E-state index in [0.29, 0.717) is 18.3 Å². The standard InChI is InChI=1S/C29H28N4O3/c1-18-7-5-9-21(15-18)17-33-20(3)25(26(30-29(33)34)22-11-13-24(35-4)14-12-22)28-31-27(32-36-28)23-10-6-8-19(2)16-23/h5-16,26H,17H2,1-4H3,(H,30,34). The molecule has 0 saturated carbocycles. The van der Waals surface area contributed by atoms with Crippen LogP contribution in [0.2, 0.25) is 0 Å². The van der Waals surface area contributed by atoms with Crippen LogP contribution in [-0.4, -0.2) is 28.2 Å². The lowest BCUT2D eigenvalue weighted by Gasteiger charge is -2.35. The van der Waals surface area contributed by atoms with Crippen molar-refractivity contribution in [3.63, 3.8) is 0 Å². The number of allylic oxidation sites excluding steroid dienone is 1. The molecule has 7 heteroatoms. The molecule has 2 amide bonds. The molecule has 1 aliphatic rings. The molecular formula is C29H28N4O3. The van der Waals surface area contributed by atoms with Gasteiger partial charge >= 0.3 is 6.03 Å². The molecule has 36 heavy (non-hydrogen) atoms. The van der Waals surface area contributed by atoms with Gasteiger partial charge in [0.2, 0.25) is 5.82 Å². The van der Waals surface area contributed by atoms with Gasteiger partial charge in [0.1, 0.15) is 5.75 Å². The molecular weight excluding hydrogens is 452 g/mol. The minimum atomic E-state index is -0.456. The number of benzene rings is 3. The zero-order chi connectivity index (χ0) is 25.2. The summed E-state index contributed by atoms with van der Waals surface area (Å²) in [5.41, 5.74) is 6.59. The van der Waals surface area contributed by atoms with Gasteiger partial charge < -0.3 is 14.6 Å². The van der Waals surface area contributed by atoms with Crippen molar-refractivity contribution in [1.82, 2.24) is 20.4 Å². The number of carbonyl (C=O) groups is 1. The van der Waals surface area contributed by atoms with Crippen LogP contribution in [-0.2, 0) is 6.54 Å². The number of nitrogens with zero attached hydrogens (tertiary/aromatic N) is 3. The second-order valence-electron chi connectivity index (χ2n) is 9.02. The van der Waals surface area contributed by atoms with Gasteiger partial charge in [0, 0.05) is 11.3 Å². The highest BCUT2D eigenvalue weighted by atomic mass is 16.5. The number of nitrogens with one attached hydrogen (secondary N) is 1. The third kappa shape index (κ3) is 4.60. The van der Waals surface area contributed by atoms with Crippen LogP contribution >= 0.6 is 0 Å². The first kappa shape index (κ1) is 23.4. The third-order valence-corrected chi connectivity index (χ3v) is 6.40. The van der Waals surface area contributed by atoms with Gasteiger partial charge in [-0.05, 0) is 50.1 Å². The minimum Gasteiger partial charge on any atom is -0.497 e. The van der Waals surface area contributed by atoms with Gasteiger partial charge in [-0.15, -0.1) is 0 Å². The Kier molecular flexibility index (Phi) is 6.29. The number of methoxy groups -OCH3 is 1. The van der Waals surface area contributed by atoms with Crippen LogP contribution in [0.1, 0.15) is 41.1 Å². The molecule has 0 aliphatic carbocycles. The first-order valence-electron chi connectivity index (χ1n) is 11.8. The van der Waals surface area contributed by atoms with E-state index in [4.69, 9.17) is 14.2 Å².